The van der Waals surface area contributed by atoms with Crippen LogP contribution in [0.4, 0.5) is 0 Å². The molecule has 0 spiro atoms. The van der Waals surface area contributed by atoms with Crippen LogP contribution in [-0.2, 0) is 0 Å². The van der Waals surface area contributed by atoms with Gasteiger partial charge in [0.05, 0.1) is 6.61 Å². The van der Waals surface area contributed by atoms with Gasteiger partial charge in [0.25, 0.3) is 0 Å². The van der Waals surface area contributed by atoms with Crippen LogP contribution in [0, 0.1) is 5.92 Å². The van der Waals surface area contributed by atoms with E-state index in [2.05, 4.69) is 17.1 Å². The Morgan fingerprint density at radius 1 is 1.33 bits per heavy atom. The number of para-hydroxylation sites is 1. The molecule has 1 N–H and O–H groups in total. The van der Waals surface area contributed by atoms with E-state index in [4.69, 9.17) is 4.74 Å². The van der Waals surface area contributed by atoms with Gasteiger partial charge in [0, 0.05) is 26.2 Å². The standard InChI is InChI=1S/C15H24N2O/c1-14-12-16-8-10-17(13-14)9-5-11-18-15-6-3-2-4-7-15/h2-4,6-7,14,16H,5,8-13H2,1H3. The van der Waals surface area contributed by atoms with E-state index in [0.717, 1.165) is 50.9 Å². The quantitative estimate of drug-likeness (QED) is 0.807. The number of nitrogens with one attached hydrogen (secondary N) is 1. The highest BCUT2D eigenvalue weighted by molar-refractivity contribution is 5.20. The minimum atomic E-state index is 0.752. The molecule has 3 nitrogen and oxygen atoms in total. The van der Waals surface area contributed by atoms with Gasteiger partial charge in [-0.1, -0.05) is 25.1 Å². The van der Waals surface area contributed by atoms with Gasteiger partial charge >= 0.3 is 0 Å². The second-order valence-electron chi connectivity index (χ2n) is 5.12. The molecule has 100 valence electrons. The Kier molecular flexibility index (Phi) is 5.49. The smallest absolute Gasteiger partial charge is 0.119 e. The fourth-order valence-corrected chi connectivity index (χ4v) is 2.38. The van der Waals surface area contributed by atoms with Crippen LogP contribution in [0.2, 0.25) is 0 Å². The van der Waals surface area contributed by atoms with E-state index in [0.29, 0.717) is 0 Å². The van der Waals surface area contributed by atoms with Crippen molar-refractivity contribution in [2.45, 2.75) is 13.3 Å². The molecule has 0 amide bonds. The van der Waals surface area contributed by atoms with Crippen LogP contribution >= 0.6 is 0 Å². The maximum atomic E-state index is 5.71. The molecule has 1 saturated heterocycles. The van der Waals surface area contributed by atoms with Gasteiger partial charge in [0.1, 0.15) is 5.75 Å². The van der Waals surface area contributed by atoms with Crippen molar-refractivity contribution in [2.24, 2.45) is 5.92 Å². The predicted molar refractivity (Wildman–Crippen MR) is 75.0 cm³/mol. The fourth-order valence-electron chi connectivity index (χ4n) is 2.38. The number of benzene rings is 1. The van der Waals surface area contributed by atoms with Crippen molar-refractivity contribution in [2.75, 3.05) is 39.3 Å². The Hall–Kier alpha value is -1.06. The van der Waals surface area contributed by atoms with E-state index >= 15 is 0 Å². The second-order valence-corrected chi connectivity index (χ2v) is 5.12. The Bertz CT molecular complexity index is 329. The highest BCUT2D eigenvalue weighted by Gasteiger charge is 2.13. The number of hydrogen-bond donors (Lipinski definition) is 1. The van der Waals surface area contributed by atoms with Gasteiger partial charge in [-0.05, 0) is 31.0 Å². The van der Waals surface area contributed by atoms with Crippen molar-refractivity contribution in [1.82, 2.24) is 10.2 Å². The number of hydrogen-bond acceptors (Lipinski definition) is 3. The molecule has 1 fully saturated rings. The average molecular weight is 248 g/mol. The third-order valence-electron chi connectivity index (χ3n) is 3.30. The van der Waals surface area contributed by atoms with E-state index in [1.807, 2.05) is 30.3 Å². The molecular formula is C15H24N2O. The Balaban J connectivity index is 1.63. The summed E-state index contributed by atoms with van der Waals surface area (Å²) in [5, 5.41) is 3.47. The molecule has 1 aromatic rings. The van der Waals surface area contributed by atoms with Gasteiger partial charge in [0.15, 0.2) is 0 Å². The lowest BCUT2D eigenvalue weighted by atomic mass is 10.2. The third-order valence-corrected chi connectivity index (χ3v) is 3.30. The summed E-state index contributed by atoms with van der Waals surface area (Å²) in [4.78, 5) is 2.54. The van der Waals surface area contributed by atoms with Gasteiger partial charge < -0.3 is 15.0 Å². The van der Waals surface area contributed by atoms with Crippen molar-refractivity contribution in [1.29, 1.82) is 0 Å². The van der Waals surface area contributed by atoms with Gasteiger partial charge in [0.2, 0.25) is 0 Å². The normalized spacial score (nSPS) is 21.5. The van der Waals surface area contributed by atoms with Crippen molar-refractivity contribution in [3.63, 3.8) is 0 Å². The predicted octanol–water partition coefficient (Wildman–Crippen LogP) is 2.00. The Morgan fingerprint density at radius 2 is 2.17 bits per heavy atom. The molecule has 1 atom stereocenters. The Morgan fingerprint density at radius 3 is 3.00 bits per heavy atom. The lowest BCUT2D eigenvalue weighted by Gasteiger charge is -2.21. The topological polar surface area (TPSA) is 24.5 Å². The summed E-state index contributed by atoms with van der Waals surface area (Å²) < 4.78 is 5.71. The molecule has 1 aliphatic rings. The van der Waals surface area contributed by atoms with Crippen molar-refractivity contribution < 1.29 is 4.74 Å². The molecular weight excluding hydrogens is 224 g/mol. The van der Waals surface area contributed by atoms with Crippen LogP contribution in [0.3, 0.4) is 0 Å². The summed E-state index contributed by atoms with van der Waals surface area (Å²) in [5.74, 6) is 1.73. The zero-order valence-electron chi connectivity index (χ0n) is 11.3. The summed E-state index contributed by atoms with van der Waals surface area (Å²) in [6.07, 6.45) is 1.10. The summed E-state index contributed by atoms with van der Waals surface area (Å²) in [7, 11) is 0. The zero-order valence-corrected chi connectivity index (χ0v) is 11.3. The van der Waals surface area contributed by atoms with Gasteiger partial charge in [-0.25, -0.2) is 0 Å². The summed E-state index contributed by atoms with van der Waals surface area (Å²) in [6.45, 7) is 8.89. The minimum absolute atomic E-state index is 0.752. The molecule has 2 rings (SSSR count). The first-order valence-corrected chi connectivity index (χ1v) is 6.95. The summed E-state index contributed by atoms with van der Waals surface area (Å²) in [6, 6.07) is 10.1. The van der Waals surface area contributed by atoms with Crippen LogP contribution in [0.25, 0.3) is 0 Å². The highest BCUT2D eigenvalue weighted by Crippen LogP contribution is 2.09. The lowest BCUT2D eigenvalue weighted by molar-refractivity contribution is 0.229. The van der Waals surface area contributed by atoms with Gasteiger partial charge in [-0.3, -0.25) is 0 Å². The second kappa shape index (κ2) is 7.39. The molecule has 0 aromatic heterocycles. The largest absolute Gasteiger partial charge is 0.494 e. The maximum Gasteiger partial charge on any atom is 0.119 e. The maximum absolute atomic E-state index is 5.71. The highest BCUT2D eigenvalue weighted by atomic mass is 16.5. The van der Waals surface area contributed by atoms with Gasteiger partial charge in [-0.2, -0.15) is 0 Å². The SMILES string of the molecule is CC1CNCCN(CCCOc2ccccc2)C1. The van der Waals surface area contributed by atoms with E-state index < -0.39 is 0 Å². The van der Waals surface area contributed by atoms with E-state index in [1.165, 1.54) is 6.54 Å². The number of nitrogens with zero attached hydrogens (tertiary/aromatic N) is 1. The number of ether oxygens (including phenoxy) is 1. The van der Waals surface area contributed by atoms with Crippen molar-refractivity contribution >= 4 is 0 Å². The summed E-state index contributed by atoms with van der Waals surface area (Å²) in [5.41, 5.74) is 0. The van der Waals surface area contributed by atoms with E-state index in [1.54, 1.807) is 0 Å². The molecule has 1 aliphatic heterocycles. The van der Waals surface area contributed by atoms with Crippen LogP contribution in [0.5, 0.6) is 5.75 Å². The van der Waals surface area contributed by atoms with E-state index in [9.17, 15) is 0 Å². The molecule has 0 saturated carbocycles. The molecule has 0 bridgehead atoms. The molecule has 18 heavy (non-hydrogen) atoms. The minimum Gasteiger partial charge on any atom is -0.494 e. The first-order valence-electron chi connectivity index (χ1n) is 6.95. The monoisotopic (exact) mass is 248 g/mol. The number of rotatable bonds is 5. The first-order chi connectivity index (χ1) is 8.84. The average Bonchev–Trinajstić information content (AvgIpc) is 2.60. The van der Waals surface area contributed by atoms with Crippen LogP contribution < -0.4 is 10.1 Å². The van der Waals surface area contributed by atoms with Gasteiger partial charge in [-0.15, -0.1) is 0 Å². The lowest BCUT2D eigenvalue weighted by Crippen LogP contribution is -2.31. The molecule has 1 aromatic carbocycles. The van der Waals surface area contributed by atoms with Crippen LogP contribution in [0.1, 0.15) is 13.3 Å². The van der Waals surface area contributed by atoms with Crippen LogP contribution in [-0.4, -0.2) is 44.2 Å². The summed E-state index contributed by atoms with van der Waals surface area (Å²) >= 11 is 0. The fraction of sp³-hybridized carbons (Fsp3) is 0.600. The zero-order chi connectivity index (χ0) is 12.6. The molecule has 1 heterocycles. The third kappa shape index (κ3) is 4.67. The molecule has 0 radical (unpaired) electrons. The van der Waals surface area contributed by atoms with Crippen molar-refractivity contribution in [3.8, 4) is 5.75 Å². The molecule has 3 heteroatoms. The first kappa shape index (κ1) is 13.4. The Labute approximate surface area is 110 Å². The molecule has 1 unspecified atom stereocenters. The van der Waals surface area contributed by atoms with E-state index in [-0.39, 0.29) is 0 Å². The van der Waals surface area contributed by atoms with Crippen LogP contribution in [0.15, 0.2) is 30.3 Å². The van der Waals surface area contributed by atoms with Crippen molar-refractivity contribution in [3.05, 3.63) is 30.3 Å². The molecule has 0 aliphatic carbocycles.